The highest BCUT2D eigenvalue weighted by atomic mass is 32.2. The van der Waals surface area contributed by atoms with Crippen LogP contribution < -0.4 is 15.8 Å². The molecule has 1 aliphatic heterocycles. The number of hydrogen-bond donors (Lipinski definition) is 2. The molecule has 2 amide bonds. The zero-order valence-corrected chi connectivity index (χ0v) is 17.3. The minimum absolute atomic E-state index is 0.0437. The molecule has 0 aliphatic carbocycles. The van der Waals surface area contributed by atoms with Crippen molar-refractivity contribution in [3.63, 3.8) is 0 Å². The van der Waals surface area contributed by atoms with Crippen molar-refractivity contribution in [2.75, 3.05) is 10.6 Å². The molecule has 1 heterocycles. The van der Waals surface area contributed by atoms with Crippen LogP contribution in [0.3, 0.4) is 0 Å². The Morgan fingerprint density at radius 1 is 0.968 bits per heavy atom. The van der Waals surface area contributed by atoms with E-state index in [1.807, 2.05) is 0 Å². The summed E-state index contributed by atoms with van der Waals surface area (Å²) in [5, 5.41) is 5.32. The number of aliphatic imine (C=N–C) groups is 1. The van der Waals surface area contributed by atoms with Crippen LogP contribution in [0.15, 0.2) is 76.6 Å². The quantitative estimate of drug-likeness (QED) is 0.611. The maximum atomic E-state index is 12.8. The number of carbonyl (C=O) groups is 2. The first-order chi connectivity index (χ1) is 14.7. The third-order valence-electron chi connectivity index (χ3n) is 4.85. The minimum Gasteiger partial charge on any atom is -0.399 e. The van der Waals surface area contributed by atoms with Gasteiger partial charge in [0.05, 0.1) is 16.3 Å². The summed E-state index contributed by atoms with van der Waals surface area (Å²) >= 11 is 0. The number of para-hydroxylation sites is 1. The van der Waals surface area contributed by atoms with Crippen molar-refractivity contribution in [3.05, 3.63) is 72.3 Å². The van der Waals surface area contributed by atoms with Crippen LogP contribution in [0.25, 0.3) is 11.1 Å². The molecule has 3 aromatic rings. The predicted octanol–water partition coefficient (Wildman–Crippen LogP) is 2.60. The van der Waals surface area contributed by atoms with E-state index < -0.39 is 21.8 Å². The van der Waals surface area contributed by atoms with Crippen molar-refractivity contribution >= 4 is 44.6 Å². The number of anilines is 2. The van der Waals surface area contributed by atoms with Gasteiger partial charge in [-0.1, -0.05) is 30.3 Å². The number of rotatable bonds is 3. The number of primary sulfonamides is 1. The van der Waals surface area contributed by atoms with E-state index in [1.54, 1.807) is 48.5 Å². The van der Waals surface area contributed by atoms with Gasteiger partial charge in [0, 0.05) is 23.7 Å². The molecule has 4 N–H and O–H groups in total. The Balaban J connectivity index is 1.76. The molecule has 0 radical (unpaired) electrons. The number of benzene rings is 3. The summed E-state index contributed by atoms with van der Waals surface area (Å²) < 4.78 is 23.8. The topological polar surface area (TPSA) is 136 Å². The summed E-state index contributed by atoms with van der Waals surface area (Å²) in [4.78, 5) is 30.2. The summed E-state index contributed by atoms with van der Waals surface area (Å²) in [6.45, 7) is 1.32. The van der Waals surface area contributed by atoms with Gasteiger partial charge in [0.25, 0.3) is 5.91 Å². The average Bonchev–Trinajstić information content (AvgIpc) is 2.99. The molecule has 31 heavy (non-hydrogen) atoms. The molecule has 9 heteroatoms. The van der Waals surface area contributed by atoms with Gasteiger partial charge in [0.1, 0.15) is 5.71 Å². The van der Waals surface area contributed by atoms with Crippen LogP contribution in [0.5, 0.6) is 0 Å². The Kier molecular flexibility index (Phi) is 4.92. The van der Waals surface area contributed by atoms with Gasteiger partial charge in [-0.15, -0.1) is 0 Å². The van der Waals surface area contributed by atoms with Crippen molar-refractivity contribution < 1.29 is 18.0 Å². The molecule has 3 aromatic carbocycles. The first-order valence-corrected chi connectivity index (χ1v) is 10.8. The van der Waals surface area contributed by atoms with Crippen LogP contribution in [0.2, 0.25) is 0 Å². The maximum absolute atomic E-state index is 12.8. The van der Waals surface area contributed by atoms with Crippen LogP contribution in [-0.4, -0.2) is 25.9 Å². The minimum atomic E-state index is -3.95. The van der Waals surface area contributed by atoms with Crippen molar-refractivity contribution in [2.45, 2.75) is 11.8 Å². The van der Waals surface area contributed by atoms with Gasteiger partial charge in [-0.25, -0.2) is 23.4 Å². The number of nitrogens with two attached hydrogens (primary N) is 2. The second kappa shape index (κ2) is 7.46. The highest BCUT2D eigenvalue weighted by molar-refractivity contribution is 7.89. The number of hydrogen-bond acceptors (Lipinski definition) is 6. The Labute approximate surface area is 178 Å². The predicted molar refractivity (Wildman–Crippen MR) is 118 cm³/mol. The van der Waals surface area contributed by atoms with E-state index in [2.05, 4.69) is 4.99 Å². The van der Waals surface area contributed by atoms with Crippen molar-refractivity contribution in [3.8, 4) is 11.1 Å². The lowest BCUT2D eigenvalue weighted by Crippen LogP contribution is -2.34. The van der Waals surface area contributed by atoms with Gasteiger partial charge in [-0.3, -0.25) is 9.59 Å². The molecule has 0 bridgehead atoms. The molecular formula is C22H18N4O4S. The van der Waals surface area contributed by atoms with E-state index in [-0.39, 0.29) is 10.6 Å². The summed E-state index contributed by atoms with van der Waals surface area (Å²) in [5.74, 6) is -0.889. The molecule has 0 unspecified atom stereocenters. The van der Waals surface area contributed by atoms with Crippen LogP contribution >= 0.6 is 0 Å². The van der Waals surface area contributed by atoms with E-state index >= 15 is 0 Å². The van der Waals surface area contributed by atoms with Crippen molar-refractivity contribution in [1.82, 2.24) is 0 Å². The van der Waals surface area contributed by atoms with E-state index in [1.165, 1.54) is 25.1 Å². The Morgan fingerprint density at radius 3 is 2.29 bits per heavy atom. The van der Waals surface area contributed by atoms with Crippen molar-refractivity contribution in [2.24, 2.45) is 10.1 Å². The van der Waals surface area contributed by atoms with E-state index in [4.69, 9.17) is 10.9 Å². The molecule has 4 rings (SSSR count). The van der Waals surface area contributed by atoms with Crippen LogP contribution in [0.4, 0.5) is 17.1 Å². The third kappa shape index (κ3) is 3.72. The second-order valence-electron chi connectivity index (χ2n) is 6.98. The number of amides is 2. The van der Waals surface area contributed by atoms with Gasteiger partial charge in [0.2, 0.25) is 15.9 Å². The molecule has 8 nitrogen and oxygen atoms in total. The lowest BCUT2D eigenvalue weighted by Gasteiger charge is -2.11. The highest BCUT2D eigenvalue weighted by Gasteiger charge is 2.36. The van der Waals surface area contributed by atoms with Crippen LogP contribution in [0.1, 0.15) is 12.5 Å². The molecule has 0 spiro atoms. The lowest BCUT2D eigenvalue weighted by atomic mass is 10.0. The molecule has 0 atom stereocenters. The number of nitrogen functional groups attached to an aromatic ring is 1. The number of nitrogens with zero attached hydrogens (tertiary/aromatic N) is 2. The normalized spacial score (nSPS) is 14.7. The number of sulfonamides is 1. The van der Waals surface area contributed by atoms with Gasteiger partial charge in [-0.05, 0) is 42.0 Å². The first kappa shape index (κ1) is 20.5. The fourth-order valence-corrected chi connectivity index (χ4v) is 4.23. The summed E-state index contributed by atoms with van der Waals surface area (Å²) in [6, 6.07) is 17.9. The van der Waals surface area contributed by atoms with E-state index in [9.17, 15) is 18.0 Å². The molecule has 0 fully saturated rings. The lowest BCUT2D eigenvalue weighted by molar-refractivity contribution is -0.121. The molecule has 0 saturated heterocycles. The van der Waals surface area contributed by atoms with Gasteiger partial charge >= 0.3 is 0 Å². The van der Waals surface area contributed by atoms with E-state index in [0.717, 1.165) is 4.90 Å². The fraction of sp³-hybridized carbons (Fsp3) is 0.0455. The zero-order valence-electron chi connectivity index (χ0n) is 16.4. The zero-order chi connectivity index (χ0) is 22.3. The number of imide groups is 1. The molecule has 0 aromatic heterocycles. The smallest absolute Gasteiger partial charge is 0.284 e. The Morgan fingerprint density at radius 2 is 1.65 bits per heavy atom. The molecule has 156 valence electrons. The summed E-state index contributed by atoms with van der Waals surface area (Å²) in [7, 11) is -3.95. The molecule has 0 saturated carbocycles. The van der Waals surface area contributed by atoms with Crippen LogP contribution in [0, 0.1) is 0 Å². The number of fused-ring (bicyclic) bond motifs is 1. The Hall–Kier alpha value is -3.82. The average molecular weight is 434 g/mol. The van der Waals surface area contributed by atoms with Gasteiger partial charge < -0.3 is 5.73 Å². The summed E-state index contributed by atoms with van der Waals surface area (Å²) in [5.41, 5.74) is 8.84. The van der Waals surface area contributed by atoms with Crippen molar-refractivity contribution in [1.29, 1.82) is 0 Å². The Bertz CT molecular complexity index is 1360. The third-order valence-corrected chi connectivity index (χ3v) is 5.82. The van der Waals surface area contributed by atoms with Gasteiger partial charge in [-0.2, -0.15) is 0 Å². The number of carbonyl (C=O) groups excluding carboxylic acids is 2. The molecular weight excluding hydrogens is 416 g/mol. The maximum Gasteiger partial charge on any atom is 0.284 e. The molecule has 1 aliphatic rings. The monoisotopic (exact) mass is 434 g/mol. The SMILES string of the molecule is CC(=O)N1C(=O)C(=Nc2ccc(-c3cc(N)ccc3S(N)(=O)=O)cc2)c2ccccc21. The second-order valence-corrected chi connectivity index (χ2v) is 8.51. The van der Waals surface area contributed by atoms with Crippen LogP contribution in [-0.2, 0) is 19.6 Å². The standard InChI is InChI=1S/C22H18N4O4S/c1-13(27)26-19-5-3-2-4-17(19)21(22(26)28)25-16-9-6-14(7-10-16)18-12-15(23)8-11-20(18)31(24,29)30/h2-12H,23H2,1H3,(H2,24,29,30). The highest BCUT2D eigenvalue weighted by Crippen LogP contribution is 2.33. The first-order valence-electron chi connectivity index (χ1n) is 9.22. The fourth-order valence-electron chi connectivity index (χ4n) is 3.49. The van der Waals surface area contributed by atoms with E-state index in [0.29, 0.717) is 33.8 Å². The summed E-state index contributed by atoms with van der Waals surface area (Å²) in [6.07, 6.45) is 0. The largest absolute Gasteiger partial charge is 0.399 e. The van der Waals surface area contributed by atoms with Gasteiger partial charge in [0.15, 0.2) is 0 Å².